The van der Waals surface area contributed by atoms with Gasteiger partial charge in [-0.15, -0.1) is 0 Å². The van der Waals surface area contributed by atoms with Gasteiger partial charge >= 0.3 is 0 Å². The van der Waals surface area contributed by atoms with Crippen LogP contribution in [0.4, 0.5) is 5.69 Å². The molecular weight excluding hydrogens is 262 g/mol. The summed E-state index contributed by atoms with van der Waals surface area (Å²) in [5, 5.41) is 10.0. The third-order valence-electron chi connectivity index (χ3n) is 3.49. The highest BCUT2D eigenvalue weighted by atomic mass is 16.6. The first-order chi connectivity index (χ1) is 9.91. The molecule has 0 heterocycles. The second-order valence-electron chi connectivity index (χ2n) is 6.24. The van der Waals surface area contributed by atoms with Crippen molar-refractivity contribution in [1.82, 2.24) is 0 Å². The fraction of sp³-hybridized carbons (Fsp3) is 0.333. The second-order valence-corrected chi connectivity index (χ2v) is 6.24. The number of phenols is 1. The molecule has 2 aromatic rings. The number of anilines is 1. The van der Waals surface area contributed by atoms with E-state index in [2.05, 4.69) is 38.4 Å². The average molecular weight is 285 g/mol. The third kappa shape index (κ3) is 3.76. The van der Waals surface area contributed by atoms with E-state index >= 15 is 0 Å². The van der Waals surface area contributed by atoms with Gasteiger partial charge in [-0.1, -0.05) is 51.1 Å². The molecule has 0 bridgehead atoms. The number of nitrogens with one attached hydrogen (secondary N) is 1. The number of hydrogen-bond acceptors (Lipinski definition) is 3. The van der Waals surface area contributed by atoms with Gasteiger partial charge in [0.25, 0.3) is 0 Å². The summed E-state index contributed by atoms with van der Waals surface area (Å²) in [6, 6.07) is 13.9. The van der Waals surface area contributed by atoms with Gasteiger partial charge < -0.3 is 5.11 Å². The van der Waals surface area contributed by atoms with Crippen LogP contribution in [-0.2, 0) is 16.7 Å². The Balaban J connectivity index is 2.33. The summed E-state index contributed by atoms with van der Waals surface area (Å²) in [5.74, 6) is 0.356. The van der Waals surface area contributed by atoms with E-state index in [0.717, 1.165) is 23.2 Å². The van der Waals surface area contributed by atoms with Gasteiger partial charge in [0.1, 0.15) is 5.75 Å². The first-order valence-corrected chi connectivity index (χ1v) is 7.11. The lowest BCUT2D eigenvalue weighted by Crippen LogP contribution is -2.12. The van der Waals surface area contributed by atoms with E-state index in [1.54, 1.807) is 13.2 Å². The summed E-state index contributed by atoms with van der Waals surface area (Å²) in [5.41, 5.74) is 7.08. The highest BCUT2D eigenvalue weighted by Crippen LogP contribution is 2.32. The molecule has 0 aliphatic rings. The van der Waals surface area contributed by atoms with Crippen LogP contribution in [0.25, 0.3) is 0 Å². The molecule has 21 heavy (non-hydrogen) atoms. The highest BCUT2D eigenvalue weighted by Gasteiger charge is 2.18. The fourth-order valence-corrected chi connectivity index (χ4v) is 2.40. The van der Waals surface area contributed by atoms with Gasteiger partial charge in [0.2, 0.25) is 0 Å². The van der Waals surface area contributed by atoms with Crippen LogP contribution in [0.15, 0.2) is 42.5 Å². The van der Waals surface area contributed by atoms with E-state index in [0.29, 0.717) is 5.75 Å². The Bertz CT molecular complexity index is 615. The van der Waals surface area contributed by atoms with Gasteiger partial charge in [-0.05, 0) is 40.7 Å². The number of benzene rings is 2. The summed E-state index contributed by atoms with van der Waals surface area (Å²) >= 11 is 0. The van der Waals surface area contributed by atoms with Crippen molar-refractivity contribution in [3.8, 4) is 5.75 Å². The first-order valence-electron chi connectivity index (χ1n) is 7.11. The molecule has 112 valence electrons. The largest absolute Gasteiger partial charge is 0.508 e. The molecule has 3 heteroatoms. The van der Waals surface area contributed by atoms with Crippen LogP contribution in [0.5, 0.6) is 5.75 Å². The van der Waals surface area contributed by atoms with Crippen molar-refractivity contribution in [2.24, 2.45) is 0 Å². The van der Waals surface area contributed by atoms with E-state index in [4.69, 9.17) is 4.84 Å². The maximum atomic E-state index is 10.0. The van der Waals surface area contributed by atoms with Crippen LogP contribution < -0.4 is 5.48 Å². The molecule has 2 N–H and O–H groups in total. The maximum absolute atomic E-state index is 10.0. The van der Waals surface area contributed by atoms with E-state index in [-0.39, 0.29) is 5.41 Å². The zero-order valence-electron chi connectivity index (χ0n) is 13.1. The molecule has 0 aromatic heterocycles. The molecule has 0 unspecified atom stereocenters. The minimum Gasteiger partial charge on any atom is -0.508 e. The zero-order chi connectivity index (χ0) is 15.5. The van der Waals surface area contributed by atoms with Crippen LogP contribution in [0.3, 0.4) is 0 Å². The Kier molecular flexibility index (Phi) is 4.53. The molecule has 0 spiro atoms. The normalized spacial score (nSPS) is 11.4. The topological polar surface area (TPSA) is 41.5 Å². The van der Waals surface area contributed by atoms with Crippen molar-refractivity contribution >= 4 is 5.69 Å². The minimum atomic E-state index is -0.0790. The summed E-state index contributed by atoms with van der Waals surface area (Å²) < 4.78 is 0. The van der Waals surface area contributed by atoms with Crippen LogP contribution in [-0.4, -0.2) is 12.2 Å². The van der Waals surface area contributed by atoms with Crippen LogP contribution >= 0.6 is 0 Å². The van der Waals surface area contributed by atoms with Crippen molar-refractivity contribution in [1.29, 1.82) is 0 Å². The molecule has 0 radical (unpaired) electrons. The van der Waals surface area contributed by atoms with Crippen molar-refractivity contribution < 1.29 is 9.94 Å². The molecular formula is C18H23NO2. The Labute approximate surface area is 126 Å². The van der Waals surface area contributed by atoms with Crippen molar-refractivity contribution in [2.45, 2.75) is 32.6 Å². The summed E-state index contributed by atoms with van der Waals surface area (Å²) in [6.07, 6.45) is 0.788. The number of hydrogen-bond donors (Lipinski definition) is 2. The fourth-order valence-electron chi connectivity index (χ4n) is 2.40. The third-order valence-corrected chi connectivity index (χ3v) is 3.49. The Morgan fingerprint density at radius 3 is 2.48 bits per heavy atom. The SMILES string of the molecule is CONc1ccccc1Cc1ccc(O)c(C(C)(C)C)c1. The average Bonchev–Trinajstić information content (AvgIpc) is 2.42. The van der Waals surface area contributed by atoms with Crippen molar-refractivity contribution in [3.63, 3.8) is 0 Å². The Hall–Kier alpha value is -2.00. The van der Waals surface area contributed by atoms with Crippen LogP contribution in [0.1, 0.15) is 37.5 Å². The van der Waals surface area contributed by atoms with Gasteiger partial charge in [0.05, 0.1) is 12.8 Å². The van der Waals surface area contributed by atoms with Gasteiger partial charge in [-0.25, -0.2) is 0 Å². The lowest BCUT2D eigenvalue weighted by molar-refractivity contribution is 0.270. The van der Waals surface area contributed by atoms with Gasteiger partial charge in [-0.2, -0.15) is 0 Å². The summed E-state index contributed by atoms with van der Waals surface area (Å²) in [6.45, 7) is 6.31. The standard InChI is InChI=1S/C18H23NO2/c1-18(2,3)15-12-13(9-10-17(15)20)11-14-7-5-6-8-16(14)19-21-4/h5-10,12,19-20H,11H2,1-4H3. The minimum absolute atomic E-state index is 0.0790. The van der Waals surface area contributed by atoms with E-state index in [1.807, 2.05) is 24.3 Å². The summed E-state index contributed by atoms with van der Waals surface area (Å²) in [4.78, 5) is 5.01. The molecule has 0 atom stereocenters. The van der Waals surface area contributed by atoms with E-state index in [1.165, 1.54) is 5.56 Å². The lowest BCUT2D eigenvalue weighted by atomic mass is 9.84. The molecule has 0 saturated carbocycles. The number of para-hydroxylation sites is 1. The molecule has 3 nitrogen and oxygen atoms in total. The van der Waals surface area contributed by atoms with Gasteiger partial charge in [-0.3, -0.25) is 10.3 Å². The van der Waals surface area contributed by atoms with Crippen molar-refractivity contribution in [2.75, 3.05) is 12.6 Å². The molecule has 2 aromatic carbocycles. The number of phenolic OH excluding ortho intramolecular Hbond substituents is 1. The molecule has 0 amide bonds. The number of rotatable bonds is 4. The summed E-state index contributed by atoms with van der Waals surface area (Å²) in [7, 11) is 1.61. The predicted octanol–water partition coefficient (Wildman–Crippen LogP) is 4.25. The second kappa shape index (κ2) is 6.19. The van der Waals surface area contributed by atoms with E-state index < -0.39 is 0 Å². The van der Waals surface area contributed by atoms with Crippen LogP contribution in [0, 0.1) is 0 Å². The van der Waals surface area contributed by atoms with Crippen molar-refractivity contribution in [3.05, 3.63) is 59.2 Å². The molecule has 0 aliphatic heterocycles. The smallest absolute Gasteiger partial charge is 0.119 e. The molecule has 0 aliphatic carbocycles. The van der Waals surface area contributed by atoms with Gasteiger partial charge in [0, 0.05) is 0 Å². The van der Waals surface area contributed by atoms with E-state index in [9.17, 15) is 5.11 Å². The highest BCUT2D eigenvalue weighted by molar-refractivity contribution is 5.52. The quantitative estimate of drug-likeness (QED) is 0.825. The molecule has 0 fully saturated rings. The monoisotopic (exact) mass is 285 g/mol. The maximum Gasteiger partial charge on any atom is 0.119 e. The zero-order valence-corrected chi connectivity index (χ0v) is 13.1. The van der Waals surface area contributed by atoms with Gasteiger partial charge in [0.15, 0.2) is 0 Å². The van der Waals surface area contributed by atoms with Crippen LogP contribution in [0.2, 0.25) is 0 Å². The lowest BCUT2D eigenvalue weighted by Gasteiger charge is -2.21. The Morgan fingerprint density at radius 1 is 1.10 bits per heavy atom. The Morgan fingerprint density at radius 2 is 1.81 bits per heavy atom. The number of aromatic hydroxyl groups is 1. The molecule has 0 saturated heterocycles. The first kappa shape index (κ1) is 15.4. The predicted molar refractivity (Wildman–Crippen MR) is 86.7 cm³/mol. The molecule has 2 rings (SSSR count).